The first-order chi connectivity index (χ1) is 16.7. The number of aryl methyl sites for hydroxylation is 1. The minimum Gasteiger partial charge on any atom is -0.324 e. The SMILES string of the molecule is CCn1cc(Cc2ncc(-c3ccc(CC(=O)Nc4cnc(Cl)c(C(F)(F)F)c4)cc3)cn2)cn1. The summed E-state index contributed by atoms with van der Waals surface area (Å²) in [5, 5.41) is 6.00. The van der Waals surface area contributed by atoms with Crippen molar-refractivity contribution in [3.63, 3.8) is 0 Å². The van der Waals surface area contributed by atoms with Crippen LogP contribution in [0.5, 0.6) is 0 Å². The Hall–Kier alpha value is -3.79. The van der Waals surface area contributed by atoms with Gasteiger partial charge in [0.2, 0.25) is 5.91 Å². The number of alkyl halides is 3. The van der Waals surface area contributed by atoms with Gasteiger partial charge in [-0.05, 0) is 29.7 Å². The fourth-order valence-corrected chi connectivity index (χ4v) is 3.58. The molecule has 0 saturated carbocycles. The number of hydrogen-bond donors (Lipinski definition) is 1. The minimum absolute atomic E-state index is 0.0227. The maximum atomic E-state index is 13.0. The van der Waals surface area contributed by atoms with Crippen LogP contribution in [-0.4, -0.2) is 30.6 Å². The number of benzene rings is 1. The first kappa shape index (κ1) is 24.3. The second-order valence-corrected chi connectivity index (χ2v) is 8.11. The van der Waals surface area contributed by atoms with Crippen LogP contribution < -0.4 is 5.32 Å². The lowest BCUT2D eigenvalue weighted by atomic mass is 10.0. The van der Waals surface area contributed by atoms with Gasteiger partial charge in [0.1, 0.15) is 11.0 Å². The molecule has 11 heteroatoms. The second-order valence-electron chi connectivity index (χ2n) is 7.75. The molecule has 3 heterocycles. The van der Waals surface area contributed by atoms with Crippen LogP contribution in [0, 0.1) is 0 Å². The highest BCUT2D eigenvalue weighted by Gasteiger charge is 2.34. The fourth-order valence-electron chi connectivity index (χ4n) is 3.37. The summed E-state index contributed by atoms with van der Waals surface area (Å²) in [7, 11) is 0. The second kappa shape index (κ2) is 10.2. The molecule has 0 atom stereocenters. The van der Waals surface area contributed by atoms with Gasteiger partial charge in [0.25, 0.3) is 0 Å². The molecule has 7 nitrogen and oxygen atoms in total. The number of carbonyl (C=O) groups excluding carboxylic acids is 1. The molecule has 0 unspecified atom stereocenters. The van der Waals surface area contributed by atoms with Crippen molar-refractivity contribution in [3.8, 4) is 11.1 Å². The minimum atomic E-state index is -4.67. The van der Waals surface area contributed by atoms with E-state index in [0.29, 0.717) is 17.8 Å². The van der Waals surface area contributed by atoms with Crippen LogP contribution in [0.4, 0.5) is 18.9 Å². The summed E-state index contributed by atoms with van der Waals surface area (Å²) in [4.78, 5) is 24.7. The van der Waals surface area contributed by atoms with E-state index in [-0.39, 0.29) is 12.1 Å². The van der Waals surface area contributed by atoms with Crippen LogP contribution in [0.1, 0.15) is 29.4 Å². The molecular formula is C24H20ClF3N6O. The molecule has 0 aliphatic heterocycles. The molecule has 0 radical (unpaired) electrons. The van der Waals surface area contributed by atoms with Crippen molar-refractivity contribution in [1.29, 1.82) is 0 Å². The lowest BCUT2D eigenvalue weighted by Gasteiger charge is -2.11. The fraction of sp³-hybridized carbons (Fsp3) is 0.208. The van der Waals surface area contributed by atoms with Gasteiger partial charge in [0.15, 0.2) is 0 Å². The number of nitrogens with zero attached hydrogens (tertiary/aromatic N) is 5. The van der Waals surface area contributed by atoms with Crippen LogP contribution in [0.15, 0.2) is 61.3 Å². The van der Waals surface area contributed by atoms with Gasteiger partial charge in [-0.2, -0.15) is 18.3 Å². The van der Waals surface area contributed by atoms with Crippen molar-refractivity contribution in [2.24, 2.45) is 0 Å². The molecule has 1 amide bonds. The van der Waals surface area contributed by atoms with E-state index >= 15 is 0 Å². The number of amides is 1. The van der Waals surface area contributed by atoms with E-state index in [4.69, 9.17) is 11.6 Å². The summed E-state index contributed by atoms with van der Waals surface area (Å²) in [5.41, 5.74) is 2.23. The summed E-state index contributed by atoms with van der Waals surface area (Å²) < 4.78 is 40.8. The predicted octanol–water partition coefficient (Wildman–Crippen LogP) is 5.20. The number of rotatable bonds is 7. The number of hydrogen-bond acceptors (Lipinski definition) is 5. The number of aromatic nitrogens is 5. The van der Waals surface area contributed by atoms with Crippen molar-refractivity contribution in [2.45, 2.75) is 32.5 Å². The largest absolute Gasteiger partial charge is 0.419 e. The van der Waals surface area contributed by atoms with Gasteiger partial charge in [-0.15, -0.1) is 0 Å². The van der Waals surface area contributed by atoms with Gasteiger partial charge in [0, 0.05) is 37.1 Å². The number of halogens is 4. The van der Waals surface area contributed by atoms with E-state index in [0.717, 1.165) is 35.5 Å². The normalized spacial score (nSPS) is 11.5. The monoisotopic (exact) mass is 500 g/mol. The summed E-state index contributed by atoms with van der Waals surface area (Å²) in [6.07, 6.45) is 4.21. The maximum Gasteiger partial charge on any atom is 0.419 e. The average Bonchev–Trinajstić information content (AvgIpc) is 3.28. The molecule has 3 aromatic heterocycles. The summed E-state index contributed by atoms with van der Waals surface area (Å²) in [6.45, 7) is 2.82. The Balaban J connectivity index is 1.37. The zero-order valence-electron chi connectivity index (χ0n) is 18.6. The molecule has 0 spiro atoms. The third-order valence-electron chi connectivity index (χ3n) is 5.16. The molecule has 4 rings (SSSR count). The number of pyridine rings is 1. The molecule has 4 aromatic rings. The molecular weight excluding hydrogens is 481 g/mol. The number of nitrogens with one attached hydrogen (secondary N) is 1. The maximum absolute atomic E-state index is 13.0. The summed E-state index contributed by atoms with van der Waals surface area (Å²) in [5.74, 6) is 0.206. The Bertz CT molecular complexity index is 1320. The Morgan fingerprint density at radius 1 is 1.00 bits per heavy atom. The molecule has 0 saturated heterocycles. The molecule has 0 fully saturated rings. The molecule has 180 valence electrons. The predicted molar refractivity (Wildman–Crippen MR) is 125 cm³/mol. The molecule has 0 aliphatic rings. The van der Waals surface area contributed by atoms with Gasteiger partial charge in [-0.1, -0.05) is 35.9 Å². The van der Waals surface area contributed by atoms with E-state index in [1.165, 1.54) is 0 Å². The van der Waals surface area contributed by atoms with Crippen LogP contribution in [0.2, 0.25) is 5.15 Å². The summed E-state index contributed by atoms with van der Waals surface area (Å²) >= 11 is 5.51. The molecule has 1 aromatic carbocycles. The molecule has 35 heavy (non-hydrogen) atoms. The average molecular weight is 501 g/mol. The van der Waals surface area contributed by atoms with E-state index in [1.54, 1.807) is 30.7 Å². The van der Waals surface area contributed by atoms with Crippen LogP contribution >= 0.6 is 11.6 Å². The first-order valence-corrected chi connectivity index (χ1v) is 11.0. The number of carbonyl (C=O) groups is 1. The first-order valence-electron chi connectivity index (χ1n) is 10.7. The van der Waals surface area contributed by atoms with Crippen molar-refractivity contribution in [1.82, 2.24) is 24.7 Å². The Morgan fingerprint density at radius 3 is 2.34 bits per heavy atom. The van der Waals surface area contributed by atoms with Gasteiger partial charge in [-0.3, -0.25) is 9.48 Å². The Labute approximate surface area is 204 Å². The Kier molecular flexibility index (Phi) is 7.11. The third-order valence-corrected chi connectivity index (χ3v) is 5.46. The van der Waals surface area contributed by atoms with Crippen LogP contribution in [0.3, 0.4) is 0 Å². The topological polar surface area (TPSA) is 85.6 Å². The van der Waals surface area contributed by atoms with Crippen molar-refractivity contribution in [2.75, 3.05) is 5.32 Å². The lowest BCUT2D eigenvalue weighted by Crippen LogP contribution is -2.16. The van der Waals surface area contributed by atoms with Gasteiger partial charge >= 0.3 is 6.18 Å². The zero-order chi connectivity index (χ0) is 25.0. The van der Waals surface area contributed by atoms with Crippen molar-refractivity contribution in [3.05, 3.63) is 89.0 Å². The molecule has 0 aliphatic carbocycles. The Morgan fingerprint density at radius 2 is 1.71 bits per heavy atom. The van der Waals surface area contributed by atoms with Crippen molar-refractivity contribution >= 4 is 23.2 Å². The van der Waals surface area contributed by atoms with E-state index in [9.17, 15) is 18.0 Å². The quantitative estimate of drug-likeness (QED) is 0.352. The summed E-state index contributed by atoms with van der Waals surface area (Å²) in [6, 6.07) is 7.96. The van der Waals surface area contributed by atoms with Crippen LogP contribution in [0.25, 0.3) is 11.1 Å². The van der Waals surface area contributed by atoms with Gasteiger partial charge in [-0.25, -0.2) is 15.0 Å². The highest BCUT2D eigenvalue weighted by Crippen LogP contribution is 2.34. The van der Waals surface area contributed by atoms with Gasteiger partial charge < -0.3 is 5.32 Å². The van der Waals surface area contributed by atoms with E-state index < -0.39 is 22.8 Å². The standard InChI is InChI=1S/C24H20ClF3N6O/c1-2-34-14-16(10-32-34)7-21-29-11-18(12-30-21)17-5-3-15(4-6-17)8-22(35)33-19-9-20(24(26,27)28)23(25)31-13-19/h3-6,9-14H,2,7-8H2,1H3,(H,33,35). The highest BCUT2D eigenvalue weighted by molar-refractivity contribution is 6.30. The smallest absolute Gasteiger partial charge is 0.324 e. The van der Waals surface area contributed by atoms with Crippen molar-refractivity contribution < 1.29 is 18.0 Å². The van der Waals surface area contributed by atoms with E-state index in [1.807, 2.05) is 29.9 Å². The highest BCUT2D eigenvalue weighted by atomic mass is 35.5. The van der Waals surface area contributed by atoms with E-state index in [2.05, 4.69) is 25.4 Å². The molecule has 0 bridgehead atoms. The van der Waals surface area contributed by atoms with Gasteiger partial charge in [0.05, 0.1) is 30.1 Å². The third kappa shape index (κ3) is 6.21. The van der Waals surface area contributed by atoms with Crippen LogP contribution in [-0.2, 0) is 30.4 Å². The zero-order valence-corrected chi connectivity index (χ0v) is 19.3. The molecule has 1 N–H and O–H groups in total. The number of anilines is 1. The lowest BCUT2D eigenvalue weighted by molar-refractivity contribution is -0.137.